The molecule has 1 N–H and O–H groups in total. The van der Waals surface area contributed by atoms with Crippen molar-refractivity contribution in [1.29, 1.82) is 0 Å². The van der Waals surface area contributed by atoms with Crippen LogP contribution >= 0.6 is 0 Å². The molecule has 0 aromatic carbocycles. The van der Waals surface area contributed by atoms with Crippen LogP contribution in [0, 0.1) is 0 Å². The van der Waals surface area contributed by atoms with Crippen molar-refractivity contribution >= 4 is 0 Å². The normalized spacial score (nSPS) is 21.5. The monoisotopic (exact) mass is 225 g/mol. The minimum atomic E-state index is 0.0407. The summed E-state index contributed by atoms with van der Waals surface area (Å²) >= 11 is 0. The zero-order chi connectivity index (χ0) is 12.0. The lowest BCUT2D eigenvalue weighted by atomic mass is 9.78. The van der Waals surface area contributed by atoms with Gasteiger partial charge in [0.25, 0.3) is 0 Å². The largest absolute Gasteiger partial charge is 0.373 e. The first kappa shape index (κ1) is 13.7. The third-order valence-corrected chi connectivity index (χ3v) is 3.51. The molecule has 16 heavy (non-hydrogen) atoms. The quantitative estimate of drug-likeness (QED) is 0.725. The van der Waals surface area contributed by atoms with E-state index in [1.54, 1.807) is 0 Å². The van der Waals surface area contributed by atoms with Crippen LogP contribution in [0.4, 0.5) is 0 Å². The molecule has 0 spiro atoms. The molecule has 1 atom stereocenters. The third-order valence-electron chi connectivity index (χ3n) is 3.51. The highest BCUT2D eigenvalue weighted by atomic mass is 16.5. The van der Waals surface area contributed by atoms with Crippen LogP contribution in [0.1, 0.15) is 52.9 Å². The minimum absolute atomic E-state index is 0.0407. The van der Waals surface area contributed by atoms with Gasteiger partial charge in [-0.15, -0.1) is 0 Å². The van der Waals surface area contributed by atoms with Gasteiger partial charge in [-0.2, -0.15) is 0 Å². The number of hydrogen-bond donors (Lipinski definition) is 1. The van der Waals surface area contributed by atoms with Crippen LogP contribution in [-0.4, -0.2) is 25.3 Å². The minimum Gasteiger partial charge on any atom is -0.373 e. The molecule has 0 radical (unpaired) electrons. The molecule has 0 saturated heterocycles. The molecule has 1 saturated carbocycles. The summed E-state index contributed by atoms with van der Waals surface area (Å²) in [5, 5.41) is 3.43. The molecule has 0 aromatic rings. The molecule has 1 rings (SSSR count). The van der Waals surface area contributed by atoms with E-state index in [2.05, 4.69) is 32.2 Å². The predicted molar refractivity (Wildman–Crippen MR) is 69.7 cm³/mol. The SMILES string of the molecule is CCOC1(C(C=C(C)C)NC)CCCCC1. The summed E-state index contributed by atoms with van der Waals surface area (Å²) in [4.78, 5) is 0. The summed E-state index contributed by atoms with van der Waals surface area (Å²) in [5.74, 6) is 0. The van der Waals surface area contributed by atoms with Gasteiger partial charge < -0.3 is 10.1 Å². The molecular weight excluding hydrogens is 198 g/mol. The van der Waals surface area contributed by atoms with Crippen molar-refractivity contribution in [2.75, 3.05) is 13.7 Å². The molecule has 0 aliphatic heterocycles. The van der Waals surface area contributed by atoms with Crippen LogP contribution in [0.3, 0.4) is 0 Å². The topological polar surface area (TPSA) is 21.3 Å². The van der Waals surface area contributed by atoms with Crippen molar-refractivity contribution in [3.8, 4) is 0 Å². The predicted octanol–water partition coefficient (Wildman–Crippen LogP) is 3.28. The fourth-order valence-electron chi connectivity index (χ4n) is 2.81. The molecule has 0 bridgehead atoms. The molecule has 0 heterocycles. The number of ether oxygens (including phenoxy) is 1. The first-order valence-electron chi connectivity index (χ1n) is 6.61. The lowest BCUT2D eigenvalue weighted by Gasteiger charge is -2.42. The van der Waals surface area contributed by atoms with Crippen LogP contribution in [0.5, 0.6) is 0 Å². The molecule has 0 aromatic heterocycles. The van der Waals surface area contributed by atoms with Gasteiger partial charge >= 0.3 is 0 Å². The second-order valence-corrected chi connectivity index (χ2v) is 5.07. The maximum absolute atomic E-state index is 6.12. The fraction of sp³-hybridized carbons (Fsp3) is 0.857. The summed E-state index contributed by atoms with van der Waals surface area (Å²) < 4.78 is 6.12. The Morgan fingerprint density at radius 3 is 2.38 bits per heavy atom. The molecule has 2 heteroatoms. The molecule has 1 fully saturated rings. The standard InChI is InChI=1S/C14H27NO/c1-5-16-14(9-7-6-8-10-14)13(15-4)11-12(2)3/h11,13,15H,5-10H2,1-4H3. The number of likely N-dealkylation sites (N-methyl/N-ethyl adjacent to an activating group) is 1. The van der Waals surface area contributed by atoms with E-state index in [1.165, 1.54) is 37.7 Å². The van der Waals surface area contributed by atoms with Crippen molar-refractivity contribution in [2.24, 2.45) is 0 Å². The Bertz CT molecular complexity index is 219. The van der Waals surface area contributed by atoms with Gasteiger partial charge in [0.15, 0.2) is 0 Å². The van der Waals surface area contributed by atoms with Gasteiger partial charge in [-0.05, 0) is 40.7 Å². The van der Waals surface area contributed by atoms with Gasteiger partial charge in [-0.1, -0.05) is 30.9 Å². The molecule has 1 aliphatic rings. The molecule has 1 aliphatic carbocycles. The third kappa shape index (κ3) is 3.33. The van der Waals surface area contributed by atoms with E-state index in [4.69, 9.17) is 4.74 Å². The van der Waals surface area contributed by atoms with Gasteiger partial charge in [0, 0.05) is 6.61 Å². The van der Waals surface area contributed by atoms with Crippen LogP contribution in [0.2, 0.25) is 0 Å². The smallest absolute Gasteiger partial charge is 0.0870 e. The van der Waals surface area contributed by atoms with Crippen molar-refractivity contribution in [3.05, 3.63) is 11.6 Å². The number of allylic oxidation sites excluding steroid dienone is 1. The van der Waals surface area contributed by atoms with Crippen molar-refractivity contribution < 1.29 is 4.74 Å². The van der Waals surface area contributed by atoms with E-state index < -0.39 is 0 Å². The Hall–Kier alpha value is -0.340. The zero-order valence-corrected chi connectivity index (χ0v) is 11.3. The molecule has 94 valence electrons. The number of hydrogen-bond acceptors (Lipinski definition) is 2. The number of nitrogens with one attached hydrogen (secondary N) is 1. The highest BCUT2D eigenvalue weighted by Crippen LogP contribution is 2.35. The maximum atomic E-state index is 6.12. The van der Waals surface area contributed by atoms with Crippen molar-refractivity contribution in [3.63, 3.8) is 0 Å². The van der Waals surface area contributed by atoms with Crippen LogP contribution in [-0.2, 0) is 4.74 Å². The Kier molecular flexibility index (Phi) is 5.50. The van der Waals surface area contributed by atoms with Gasteiger partial charge in [-0.25, -0.2) is 0 Å². The zero-order valence-electron chi connectivity index (χ0n) is 11.3. The van der Waals surface area contributed by atoms with Gasteiger partial charge in [0.05, 0.1) is 11.6 Å². The van der Waals surface area contributed by atoms with Crippen LogP contribution in [0.15, 0.2) is 11.6 Å². The summed E-state index contributed by atoms with van der Waals surface area (Å²) in [5.41, 5.74) is 1.41. The van der Waals surface area contributed by atoms with E-state index in [1.807, 2.05) is 7.05 Å². The Morgan fingerprint density at radius 1 is 1.31 bits per heavy atom. The lowest BCUT2D eigenvalue weighted by molar-refractivity contribution is -0.0784. The molecular formula is C14H27NO. The first-order chi connectivity index (χ1) is 7.64. The summed E-state index contributed by atoms with van der Waals surface area (Å²) in [6, 6.07) is 0.359. The maximum Gasteiger partial charge on any atom is 0.0870 e. The second-order valence-electron chi connectivity index (χ2n) is 5.07. The summed E-state index contributed by atoms with van der Waals surface area (Å²) in [7, 11) is 2.04. The second kappa shape index (κ2) is 6.41. The average molecular weight is 225 g/mol. The van der Waals surface area contributed by atoms with E-state index in [9.17, 15) is 0 Å². The van der Waals surface area contributed by atoms with Crippen LogP contribution < -0.4 is 5.32 Å². The van der Waals surface area contributed by atoms with E-state index in [-0.39, 0.29) is 5.60 Å². The van der Waals surface area contributed by atoms with E-state index >= 15 is 0 Å². The lowest BCUT2D eigenvalue weighted by Crippen LogP contribution is -2.51. The van der Waals surface area contributed by atoms with Gasteiger partial charge in [-0.3, -0.25) is 0 Å². The Morgan fingerprint density at radius 2 is 1.94 bits per heavy atom. The highest BCUT2D eigenvalue weighted by molar-refractivity contribution is 5.10. The van der Waals surface area contributed by atoms with Gasteiger partial charge in [0.1, 0.15) is 0 Å². The summed E-state index contributed by atoms with van der Waals surface area (Å²) in [6.07, 6.45) is 8.66. The molecule has 0 amide bonds. The first-order valence-corrected chi connectivity index (χ1v) is 6.61. The molecule has 1 unspecified atom stereocenters. The molecule has 2 nitrogen and oxygen atoms in total. The van der Waals surface area contributed by atoms with Crippen molar-refractivity contribution in [1.82, 2.24) is 5.32 Å². The van der Waals surface area contributed by atoms with E-state index in [0.717, 1.165) is 6.61 Å². The van der Waals surface area contributed by atoms with Gasteiger partial charge in [0.2, 0.25) is 0 Å². The number of rotatable bonds is 5. The Labute approximate surface area is 100 Å². The van der Waals surface area contributed by atoms with E-state index in [0.29, 0.717) is 6.04 Å². The fourth-order valence-corrected chi connectivity index (χ4v) is 2.81. The summed E-state index contributed by atoms with van der Waals surface area (Å²) in [6.45, 7) is 7.24. The van der Waals surface area contributed by atoms with Crippen LogP contribution in [0.25, 0.3) is 0 Å². The average Bonchev–Trinajstić information content (AvgIpc) is 2.27. The highest BCUT2D eigenvalue weighted by Gasteiger charge is 2.38. The van der Waals surface area contributed by atoms with Crippen molar-refractivity contribution in [2.45, 2.75) is 64.5 Å². The Balaban J connectivity index is 2.83.